The predicted molar refractivity (Wildman–Crippen MR) is 92.1 cm³/mol. The Morgan fingerprint density at radius 2 is 1.96 bits per heavy atom. The van der Waals surface area contributed by atoms with E-state index in [4.69, 9.17) is 9.47 Å². The highest BCUT2D eigenvalue weighted by molar-refractivity contribution is 5.76. The minimum Gasteiger partial charge on any atom is -0.461 e. The third-order valence-electron chi connectivity index (χ3n) is 4.17. The lowest BCUT2D eigenvalue weighted by molar-refractivity contribution is 0.0117. The molecule has 0 saturated carbocycles. The molecule has 0 unspecified atom stereocenters. The van der Waals surface area contributed by atoms with Crippen LogP contribution in [-0.4, -0.2) is 45.3 Å². The fraction of sp³-hybridized carbons (Fsp3) is 0.556. The zero-order chi connectivity index (χ0) is 18.2. The van der Waals surface area contributed by atoms with E-state index in [1.54, 1.807) is 11.0 Å². The van der Waals surface area contributed by atoms with Crippen LogP contribution < -0.4 is 4.74 Å². The van der Waals surface area contributed by atoms with E-state index in [0.29, 0.717) is 37.5 Å². The van der Waals surface area contributed by atoms with E-state index in [0.717, 1.165) is 5.52 Å². The van der Waals surface area contributed by atoms with Crippen LogP contribution in [0.4, 0.5) is 9.18 Å². The van der Waals surface area contributed by atoms with Crippen molar-refractivity contribution in [1.29, 1.82) is 0 Å². The van der Waals surface area contributed by atoms with Gasteiger partial charge in [0.25, 0.3) is 6.01 Å². The Kier molecular flexibility index (Phi) is 4.58. The van der Waals surface area contributed by atoms with Crippen molar-refractivity contribution in [3.8, 4) is 6.01 Å². The summed E-state index contributed by atoms with van der Waals surface area (Å²) in [7, 11) is 1.85. The molecule has 0 spiro atoms. The molecule has 7 heteroatoms. The number of hydrogen-bond donors (Lipinski definition) is 0. The van der Waals surface area contributed by atoms with Gasteiger partial charge in [-0.25, -0.2) is 9.18 Å². The van der Waals surface area contributed by atoms with Gasteiger partial charge in [0.05, 0.1) is 11.0 Å². The normalized spacial score (nSPS) is 16.3. The van der Waals surface area contributed by atoms with Crippen molar-refractivity contribution in [1.82, 2.24) is 14.5 Å². The van der Waals surface area contributed by atoms with Crippen LogP contribution in [0.25, 0.3) is 11.0 Å². The molecule has 2 aromatic rings. The molecule has 3 rings (SSSR count). The number of benzene rings is 1. The van der Waals surface area contributed by atoms with E-state index >= 15 is 0 Å². The van der Waals surface area contributed by atoms with E-state index in [-0.39, 0.29) is 18.0 Å². The first-order valence-electron chi connectivity index (χ1n) is 8.49. The molecular weight excluding hydrogens is 325 g/mol. The summed E-state index contributed by atoms with van der Waals surface area (Å²) < 4.78 is 26.5. The highest BCUT2D eigenvalue weighted by atomic mass is 19.1. The third kappa shape index (κ3) is 4.03. The maximum atomic E-state index is 13.3. The fourth-order valence-electron chi connectivity index (χ4n) is 2.89. The number of piperidine rings is 1. The van der Waals surface area contributed by atoms with E-state index in [9.17, 15) is 9.18 Å². The average molecular weight is 349 g/mol. The van der Waals surface area contributed by atoms with Gasteiger partial charge in [0, 0.05) is 39.0 Å². The number of carbonyl (C=O) groups is 1. The molecule has 25 heavy (non-hydrogen) atoms. The van der Waals surface area contributed by atoms with Gasteiger partial charge < -0.3 is 14.4 Å². The first-order chi connectivity index (χ1) is 11.7. The monoisotopic (exact) mass is 349 g/mol. The predicted octanol–water partition coefficient (Wildman–Crippen LogP) is 3.49. The molecule has 1 fully saturated rings. The number of rotatable bonds is 2. The van der Waals surface area contributed by atoms with Gasteiger partial charge in [-0.1, -0.05) is 0 Å². The summed E-state index contributed by atoms with van der Waals surface area (Å²) in [6, 6.07) is 4.96. The van der Waals surface area contributed by atoms with E-state index in [1.165, 1.54) is 12.1 Å². The zero-order valence-corrected chi connectivity index (χ0v) is 15.1. The molecule has 0 radical (unpaired) electrons. The number of hydrogen-bond acceptors (Lipinski definition) is 4. The molecule has 1 aliphatic rings. The molecule has 0 aliphatic carbocycles. The number of carbonyl (C=O) groups excluding carboxylic acids is 1. The number of imidazole rings is 1. The number of halogens is 1. The quantitative estimate of drug-likeness (QED) is 0.833. The first-order valence-corrected chi connectivity index (χ1v) is 8.49. The van der Waals surface area contributed by atoms with Crippen molar-refractivity contribution in [2.45, 2.75) is 45.3 Å². The Morgan fingerprint density at radius 1 is 1.28 bits per heavy atom. The standard InChI is InChI=1S/C18H24FN3O3/c1-18(2,3)25-17(23)22-9-7-13(8-10-22)24-16-20-14-11-12(19)5-6-15(14)21(16)4/h5-6,11,13H,7-10H2,1-4H3. The minimum absolute atomic E-state index is 0.0287. The van der Waals surface area contributed by atoms with Gasteiger partial charge in [-0.15, -0.1) is 0 Å². The van der Waals surface area contributed by atoms with Gasteiger partial charge in [-0.2, -0.15) is 4.98 Å². The summed E-state index contributed by atoms with van der Waals surface area (Å²) in [5.74, 6) is -0.317. The lowest BCUT2D eigenvalue weighted by Crippen LogP contribution is -2.44. The lowest BCUT2D eigenvalue weighted by atomic mass is 10.1. The molecule has 1 amide bonds. The van der Waals surface area contributed by atoms with Crippen LogP contribution in [0.1, 0.15) is 33.6 Å². The van der Waals surface area contributed by atoms with Crippen molar-refractivity contribution in [3.63, 3.8) is 0 Å². The number of fused-ring (bicyclic) bond motifs is 1. The fourth-order valence-corrected chi connectivity index (χ4v) is 2.89. The average Bonchev–Trinajstić information content (AvgIpc) is 2.82. The maximum Gasteiger partial charge on any atom is 0.410 e. The Morgan fingerprint density at radius 3 is 2.60 bits per heavy atom. The maximum absolute atomic E-state index is 13.3. The Hall–Kier alpha value is -2.31. The van der Waals surface area contributed by atoms with E-state index in [2.05, 4.69) is 4.98 Å². The molecule has 136 valence electrons. The van der Waals surface area contributed by atoms with Crippen molar-refractivity contribution in [2.24, 2.45) is 7.05 Å². The molecule has 1 aromatic carbocycles. The summed E-state index contributed by atoms with van der Waals surface area (Å²) in [5.41, 5.74) is 0.901. The van der Waals surface area contributed by atoms with Crippen LogP contribution in [0.5, 0.6) is 6.01 Å². The second-order valence-corrected chi connectivity index (χ2v) is 7.37. The summed E-state index contributed by atoms with van der Waals surface area (Å²) >= 11 is 0. The minimum atomic E-state index is -0.493. The van der Waals surface area contributed by atoms with Crippen LogP contribution in [0, 0.1) is 5.82 Å². The number of likely N-dealkylation sites (tertiary alicyclic amines) is 1. The molecule has 0 N–H and O–H groups in total. The van der Waals surface area contributed by atoms with Crippen molar-refractivity contribution in [3.05, 3.63) is 24.0 Å². The number of amides is 1. The SMILES string of the molecule is Cn1c(OC2CCN(C(=O)OC(C)(C)C)CC2)nc2cc(F)ccc21. The smallest absolute Gasteiger partial charge is 0.410 e. The number of nitrogens with zero attached hydrogens (tertiary/aromatic N) is 3. The van der Waals surface area contributed by atoms with Crippen LogP contribution in [0.15, 0.2) is 18.2 Å². The molecule has 1 aliphatic heterocycles. The molecule has 1 aromatic heterocycles. The van der Waals surface area contributed by atoms with Crippen LogP contribution >= 0.6 is 0 Å². The summed E-state index contributed by atoms with van der Waals surface area (Å²) in [5, 5.41) is 0. The van der Waals surface area contributed by atoms with Crippen molar-refractivity contribution in [2.75, 3.05) is 13.1 Å². The second kappa shape index (κ2) is 6.54. The van der Waals surface area contributed by atoms with Gasteiger partial charge in [0.2, 0.25) is 0 Å². The molecule has 0 atom stereocenters. The van der Waals surface area contributed by atoms with Gasteiger partial charge >= 0.3 is 6.09 Å². The zero-order valence-electron chi connectivity index (χ0n) is 15.1. The molecule has 2 heterocycles. The first kappa shape index (κ1) is 17.5. The second-order valence-electron chi connectivity index (χ2n) is 7.37. The van der Waals surface area contributed by atoms with Crippen molar-refractivity contribution < 1.29 is 18.7 Å². The van der Waals surface area contributed by atoms with Gasteiger partial charge in [-0.05, 0) is 32.9 Å². The Labute approximate surface area is 146 Å². The van der Waals surface area contributed by atoms with E-state index < -0.39 is 5.60 Å². The molecule has 6 nitrogen and oxygen atoms in total. The van der Waals surface area contributed by atoms with Crippen LogP contribution in [-0.2, 0) is 11.8 Å². The largest absolute Gasteiger partial charge is 0.461 e. The molecular formula is C18H24FN3O3. The van der Waals surface area contributed by atoms with Crippen molar-refractivity contribution >= 4 is 17.1 Å². The summed E-state index contributed by atoms with van der Waals surface area (Å²) in [4.78, 5) is 18.2. The van der Waals surface area contributed by atoms with Gasteiger partial charge in [0.1, 0.15) is 17.5 Å². The molecule has 1 saturated heterocycles. The summed E-state index contributed by atoms with van der Waals surface area (Å²) in [6.07, 6.45) is 1.09. The third-order valence-corrected chi connectivity index (χ3v) is 4.17. The van der Waals surface area contributed by atoms with E-state index in [1.807, 2.05) is 32.4 Å². The number of aromatic nitrogens is 2. The molecule has 0 bridgehead atoms. The van der Waals surface area contributed by atoms with Gasteiger partial charge in [-0.3, -0.25) is 4.57 Å². The Balaban J connectivity index is 1.61. The number of ether oxygens (including phenoxy) is 2. The van der Waals surface area contributed by atoms with Crippen LogP contribution in [0.2, 0.25) is 0 Å². The van der Waals surface area contributed by atoms with Crippen LogP contribution in [0.3, 0.4) is 0 Å². The highest BCUT2D eigenvalue weighted by Crippen LogP contribution is 2.24. The van der Waals surface area contributed by atoms with Gasteiger partial charge in [0.15, 0.2) is 0 Å². The topological polar surface area (TPSA) is 56.6 Å². The highest BCUT2D eigenvalue weighted by Gasteiger charge is 2.28. The lowest BCUT2D eigenvalue weighted by Gasteiger charge is -2.33. The number of aryl methyl sites for hydroxylation is 1. The Bertz CT molecular complexity index is 774. The summed E-state index contributed by atoms with van der Waals surface area (Å²) in [6.45, 7) is 6.73.